The van der Waals surface area contributed by atoms with E-state index >= 15 is 0 Å². The van der Waals surface area contributed by atoms with Crippen LogP contribution in [-0.4, -0.2) is 48.2 Å². The van der Waals surface area contributed by atoms with E-state index in [1.807, 2.05) is 10.4 Å². The molecule has 2 aromatic heterocycles. The molecule has 0 radical (unpaired) electrons. The number of hydrogen-bond acceptors (Lipinski definition) is 8. The lowest BCUT2D eigenvalue weighted by Crippen LogP contribution is -2.62. The number of aryl methyl sites for hydroxylation is 1. The fraction of sp³-hybridized carbons (Fsp3) is 0.333. The van der Waals surface area contributed by atoms with Gasteiger partial charge in [-0.2, -0.15) is 0 Å². The Kier molecular flexibility index (Phi) is 5.89. The number of ether oxygens (including phenoxy) is 1. The molecule has 3 heterocycles. The summed E-state index contributed by atoms with van der Waals surface area (Å²) in [6.07, 6.45) is 1.66. The molecule has 1 N–H and O–H groups in total. The number of benzene rings is 1. The fourth-order valence-corrected chi connectivity index (χ4v) is 4.30. The summed E-state index contributed by atoms with van der Waals surface area (Å²) >= 11 is 2.93. The highest BCUT2D eigenvalue weighted by Crippen LogP contribution is 2.28. The van der Waals surface area contributed by atoms with Crippen molar-refractivity contribution in [1.82, 2.24) is 10.3 Å². The summed E-state index contributed by atoms with van der Waals surface area (Å²) in [6, 6.07) is 8.24. The van der Waals surface area contributed by atoms with Crippen LogP contribution in [0.1, 0.15) is 5.56 Å². The van der Waals surface area contributed by atoms with Gasteiger partial charge in [0.05, 0.1) is 42.5 Å². The summed E-state index contributed by atoms with van der Waals surface area (Å²) in [5, 5.41) is 10.7. The highest BCUT2D eigenvalue weighted by atomic mass is 32.2. The number of carbonyl (C=O) groups is 1. The topological polar surface area (TPSA) is 84.4 Å². The average Bonchev–Trinajstić information content (AvgIpc) is 3.37. The Morgan fingerprint density at radius 2 is 2.11 bits per heavy atom. The molecule has 1 aliphatic rings. The first-order valence-electron chi connectivity index (χ1n) is 8.84. The molecule has 1 fully saturated rings. The molecule has 0 saturated carbocycles. The monoisotopic (exact) mass is 418 g/mol. The molecule has 0 unspecified atom stereocenters. The van der Waals surface area contributed by atoms with Crippen LogP contribution in [0.2, 0.25) is 0 Å². The maximum Gasteiger partial charge on any atom is 0.305 e. The van der Waals surface area contributed by atoms with E-state index in [0.717, 1.165) is 28.7 Å². The van der Waals surface area contributed by atoms with E-state index in [2.05, 4.69) is 46.8 Å². The summed E-state index contributed by atoms with van der Waals surface area (Å²) in [5.74, 6) is 0.401. The van der Waals surface area contributed by atoms with Crippen molar-refractivity contribution in [2.45, 2.75) is 11.3 Å². The number of carbonyl (C=O) groups excluding carboxylic acids is 1. The molecule has 0 bridgehead atoms. The maximum atomic E-state index is 12.2. The van der Waals surface area contributed by atoms with Gasteiger partial charge in [-0.3, -0.25) is 14.6 Å². The van der Waals surface area contributed by atoms with E-state index in [1.54, 1.807) is 11.0 Å². The number of thioether (sulfide) groups is 1. The molecule has 8 nitrogen and oxygen atoms in total. The number of nitrogens with zero attached hydrogens (tertiary/aromatic N) is 4. The van der Waals surface area contributed by atoms with Gasteiger partial charge in [-0.25, -0.2) is 4.98 Å². The Hall–Kier alpha value is -2.43. The predicted octanol–water partition coefficient (Wildman–Crippen LogP) is 2.09. The van der Waals surface area contributed by atoms with E-state index in [1.165, 1.54) is 28.7 Å². The molecule has 0 atom stereocenters. The SMILES string of the molecule is Cc1ccc(-c2csc(SCC(=O)Nc3c[n+](N4CCOCC4)no3)n2)cc1. The van der Waals surface area contributed by atoms with Gasteiger partial charge >= 0.3 is 5.88 Å². The fourth-order valence-electron chi connectivity index (χ4n) is 2.67. The van der Waals surface area contributed by atoms with Gasteiger partial charge in [-0.15, -0.1) is 16.3 Å². The lowest BCUT2D eigenvalue weighted by Gasteiger charge is -2.18. The lowest BCUT2D eigenvalue weighted by molar-refractivity contribution is -0.759. The molecular formula is C18H20N5O3S2+. The minimum Gasteiger partial charge on any atom is -0.377 e. The van der Waals surface area contributed by atoms with Crippen molar-refractivity contribution in [3.63, 3.8) is 0 Å². The molecule has 3 aromatic rings. The summed E-state index contributed by atoms with van der Waals surface area (Å²) < 4.78 is 11.4. The third kappa shape index (κ3) is 4.70. The largest absolute Gasteiger partial charge is 0.377 e. The number of thiazole rings is 1. The number of anilines is 1. The molecule has 0 aliphatic carbocycles. The van der Waals surface area contributed by atoms with Gasteiger partial charge in [0.1, 0.15) is 0 Å². The van der Waals surface area contributed by atoms with Gasteiger partial charge in [-0.1, -0.05) is 41.6 Å². The smallest absolute Gasteiger partial charge is 0.305 e. The number of amides is 1. The van der Waals surface area contributed by atoms with Crippen molar-refractivity contribution in [3.8, 4) is 11.3 Å². The van der Waals surface area contributed by atoms with Crippen molar-refractivity contribution in [3.05, 3.63) is 41.4 Å². The standard InChI is InChI=1S/C18H19N5O3S2/c1-13-2-4-14(5-3-13)15-11-27-18(19-15)28-12-16(24)20-17-10-23(21-26-17)22-6-8-25-9-7-22/h2-5,10-11H,6-9,12H2,1H3/p+1. The van der Waals surface area contributed by atoms with Gasteiger partial charge in [0.15, 0.2) is 4.34 Å². The van der Waals surface area contributed by atoms with Crippen LogP contribution in [0.15, 0.2) is 44.7 Å². The van der Waals surface area contributed by atoms with E-state index in [0.29, 0.717) is 19.1 Å². The van der Waals surface area contributed by atoms with Crippen LogP contribution in [-0.2, 0) is 9.53 Å². The summed E-state index contributed by atoms with van der Waals surface area (Å²) in [6.45, 7) is 4.82. The van der Waals surface area contributed by atoms with E-state index in [-0.39, 0.29) is 11.7 Å². The van der Waals surface area contributed by atoms with Crippen LogP contribution in [0, 0.1) is 6.92 Å². The Morgan fingerprint density at radius 3 is 2.89 bits per heavy atom. The van der Waals surface area contributed by atoms with Crippen LogP contribution >= 0.6 is 23.1 Å². The van der Waals surface area contributed by atoms with Gasteiger partial charge in [0, 0.05) is 10.9 Å². The normalized spacial score (nSPS) is 14.2. The van der Waals surface area contributed by atoms with Crippen molar-refractivity contribution in [2.75, 3.05) is 42.4 Å². The minimum atomic E-state index is -0.164. The highest BCUT2D eigenvalue weighted by molar-refractivity contribution is 8.01. The second-order valence-corrected chi connectivity index (χ2v) is 8.33. The van der Waals surface area contributed by atoms with Crippen molar-refractivity contribution < 1.29 is 18.8 Å². The van der Waals surface area contributed by atoms with Crippen molar-refractivity contribution >= 4 is 34.9 Å². The first kappa shape index (κ1) is 18.9. The molecule has 146 valence electrons. The number of rotatable bonds is 6. The Bertz CT molecular complexity index is 935. The quantitative estimate of drug-likeness (QED) is 0.485. The number of morpholine rings is 1. The number of nitrogens with one attached hydrogen (secondary N) is 1. The Labute approximate surface area is 170 Å². The van der Waals surface area contributed by atoms with Crippen LogP contribution in [0.5, 0.6) is 0 Å². The third-order valence-corrected chi connectivity index (χ3v) is 6.17. The number of hydrogen-bond donors (Lipinski definition) is 1. The maximum absolute atomic E-state index is 12.2. The average molecular weight is 419 g/mol. The molecule has 1 saturated heterocycles. The molecule has 28 heavy (non-hydrogen) atoms. The molecule has 0 spiro atoms. The van der Waals surface area contributed by atoms with E-state index in [9.17, 15) is 4.79 Å². The van der Waals surface area contributed by atoms with Gasteiger partial charge < -0.3 is 4.74 Å². The lowest BCUT2D eigenvalue weighted by atomic mass is 10.1. The van der Waals surface area contributed by atoms with Crippen LogP contribution in [0.3, 0.4) is 0 Å². The van der Waals surface area contributed by atoms with E-state index < -0.39 is 0 Å². The Morgan fingerprint density at radius 1 is 1.32 bits per heavy atom. The van der Waals surface area contributed by atoms with Crippen LogP contribution < -0.4 is 15.1 Å². The zero-order valence-electron chi connectivity index (χ0n) is 15.3. The predicted molar refractivity (Wildman–Crippen MR) is 107 cm³/mol. The summed E-state index contributed by atoms with van der Waals surface area (Å²) in [5.41, 5.74) is 3.22. The highest BCUT2D eigenvalue weighted by Gasteiger charge is 2.23. The molecule has 10 heteroatoms. The molecule has 4 rings (SSSR count). The van der Waals surface area contributed by atoms with Crippen molar-refractivity contribution in [1.29, 1.82) is 0 Å². The zero-order chi connectivity index (χ0) is 19.3. The second kappa shape index (κ2) is 8.72. The molecule has 1 amide bonds. The van der Waals surface area contributed by atoms with E-state index in [4.69, 9.17) is 9.26 Å². The summed E-state index contributed by atoms with van der Waals surface area (Å²) in [4.78, 5) is 18.4. The van der Waals surface area contributed by atoms with Crippen LogP contribution in [0.25, 0.3) is 11.3 Å². The Balaban J connectivity index is 1.29. The van der Waals surface area contributed by atoms with Gasteiger partial charge in [-0.05, 0) is 6.92 Å². The summed E-state index contributed by atoms with van der Waals surface area (Å²) in [7, 11) is 0. The van der Waals surface area contributed by atoms with Gasteiger partial charge in [0.2, 0.25) is 11.2 Å². The third-order valence-electron chi connectivity index (χ3n) is 4.15. The zero-order valence-corrected chi connectivity index (χ0v) is 17.0. The minimum absolute atomic E-state index is 0.164. The van der Waals surface area contributed by atoms with Crippen molar-refractivity contribution in [2.24, 2.45) is 0 Å². The second-order valence-electron chi connectivity index (χ2n) is 6.25. The molecule has 1 aliphatic heterocycles. The van der Waals surface area contributed by atoms with Crippen LogP contribution in [0.4, 0.5) is 5.88 Å². The number of aromatic nitrogens is 3. The molecule has 1 aromatic carbocycles. The van der Waals surface area contributed by atoms with Gasteiger partial charge in [0.25, 0.3) is 6.20 Å². The first-order chi connectivity index (χ1) is 13.7. The molecular weight excluding hydrogens is 398 g/mol. The first-order valence-corrected chi connectivity index (χ1v) is 10.7.